The van der Waals surface area contributed by atoms with Gasteiger partial charge in [0.05, 0.1) is 0 Å². The highest BCUT2D eigenvalue weighted by atomic mass is 127. The van der Waals surface area contributed by atoms with Gasteiger partial charge in [-0.2, -0.15) is 0 Å². The average molecular weight is 395 g/mol. The molecule has 0 saturated carbocycles. The Bertz CT molecular complexity index is 626. The Balaban J connectivity index is 2.07. The summed E-state index contributed by atoms with van der Waals surface area (Å²) < 4.78 is 1.02. The van der Waals surface area contributed by atoms with Crippen molar-refractivity contribution in [3.05, 3.63) is 69.3 Å². The van der Waals surface area contributed by atoms with Crippen LogP contribution in [0.1, 0.15) is 15.9 Å². The van der Waals surface area contributed by atoms with Crippen LogP contribution >= 0.6 is 22.6 Å². The van der Waals surface area contributed by atoms with Gasteiger partial charge in [0.15, 0.2) is 0 Å². The van der Waals surface area contributed by atoms with Gasteiger partial charge in [0, 0.05) is 15.6 Å². The van der Waals surface area contributed by atoms with Gasteiger partial charge in [0.1, 0.15) is 6.04 Å². The van der Waals surface area contributed by atoms with Gasteiger partial charge in [-0.25, -0.2) is 4.79 Å². The second-order valence-electron chi connectivity index (χ2n) is 4.56. The predicted octanol–water partition coefficient (Wildman–Crippen LogP) is 2.72. The maximum atomic E-state index is 12.1. The first-order chi connectivity index (χ1) is 10.1. The first kappa shape index (κ1) is 15.5. The molecule has 0 saturated heterocycles. The molecule has 0 aliphatic heterocycles. The lowest BCUT2D eigenvalue weighted by molar-refractivity contribution is -0.139. The average Bonchev–Trinajstić information content (AvgIpc) is 2.48. The summed E-state index contributed by atoms with van der Waals surface area (Å²) >= 11 is 2.15. The van der Waals surface area contributed by atoms with Crippen molar-refractivity contribution in [2.45, 2.75) is 12.5 Å². The van der Waals surface area contributed by atoms with Crippen LogP contribution in [0, 0.1) is 3.57 Å². The molecule has 0 spiro atoms. The van der Waals surface area contributed by atoms with Crippen LogP contribution in [0.2, 0.25) is 0 Å². The molecule has 2 rings (SSSR count). The summed E-state index contributed by atoms with van der Waals surface area (Å²) in [7, 11) is 0. The van der Waals surface area contributed by atoms with E-state index in [0.717, 1.165) is 9.13 Å². The smallest absolute Gasteiger partial charge is 0.326 e. The molecule has 0 heterocycles. The number of aliphatic carboxylic acids is 1. The van der Waals surface area contributed by atoms with E-state index in [1.165, 1.54) is 0 Å². The Morgan fingerprint density at radius 1 is 1.05 bits per heavy atom. The SMILES string of the molecule is O=C(N[C@H](Cc1ccccc1)C(=O)O)c1ccc(I)cc1. The van der Waals surface area contributed by atoms with Crippen LogP contribution in [0.25, 0.3) is 0 Å². The summed E-state index contributed by atoms with van der Waals surface area (Å²) in [4.78, 5) is 23.4. The fourth-order valence-corrected chi connectivity index (χ4v) is 2.25. The van der Waals surface area contributed by atoms with E-state index in [1.807, 2.05) is 42.5 Å². The highest BCUT2D eigenvalue weighted by molar-refractivity contribution is 14.1. The molecule has 0 bridgehead atoms. The first-order valence-electron chi connectivity index (χ1n) is 6.39. The molecule has 0 radical (unpaired) electrons. The van der Waals surface area contributed by atoms with E-state index in [1.54, 1.807) is 12.1 Å². The molecule has 4 nitrogen and oxygen atoms in total. The van der Waals surface area contributed by atoms with Crippen molar-refractivity contribution in [1.29, 1.82) is 0 Å². The maximum Gasteiger partial charge on any atom is 0.326 e. The molecular weight excluding hydrogens is 381 g/mol. The minimum atomic E-state index is -1.04. The lowest BCUT2D eigenvalue weighted by atomic mass is 10.1. The van der Waals surface area contributed by atoms with Gasteiger partial charge in [0.2, 0.25) is 0 Å². The zero-order chi connectivity index (χ0) is 15.2. The second-order valence-corrected chi connectivity index (χ2v) is 5.81. The molecule has 5 heteroatoms. The van der Waals surface area contributed by atoms with Crippen molar-refractivity contribution in [2.75, 3.05) is 0 Å². The molecule has 2 N–H and O–H groups in total. The van der Waals surface area contributed by atoms with E-state index in [4.69, 9.17) is 0 Å². The molecule has 0 aliphatic carbocycles. The monoisotopic (exact) mass is 395 g/mol. The molecule has 1 amide bonds. The molecule has 21 heavy (non-hydrogen) atoms. The van der Waals surface area contributed by atoms with Crippen LogP contribution in [-0.2, 0) is 11.2 Å². The molecular formula is C16H14INO3. The third kappa shape index (κ3) is 4.56. The second kappa shape index (κ2) is 7.21. The van der Waals surface area contributed by atoms with Crippen molar-refractivity contribution in [1.82, 2.24) is 5.32 Å². The number of amides is 1. The Morgan fingerprint density at radius 3 is 2.24 bits per heavy atom. The van der Waals surface area contributed by atoms with Crippen molar-refractivity contribution < 1.29 is 14.7 Å². The van der Waals surface area contributed by atoms with Crippen LogP contribution in [0.15, 0.2) is 54.6 Å². The summed E-state index contributed by atoms with van der Waals surface area (Å²) in [6, 6.07) is 15.3. The molecule has 2 aromatic carbocycles. The topological polar surface area (TPSA) is 66.4 Å². The van der Waals surface area contributed by atoms with Crippen LogP contribution in [-0.4, -0.2) is 23.0 Å². The highest BCUT2D eigenvalue weighted by Gasteiger charge is 2.20. The van der Waals surface area contributed by atoms with E-state index in [9.17, 15) is 14.7 Å². The van der Waals surface area contributed by atoms with E-state index < -0.39 is 12.0 Å². The van der Waals surface area contributed by atoms with Gasteiger partial charge in [-0.15, -0.1) is 0 Å². The minimum absolute atomic E-state index is 0.256. The van der Waals surface area contributed by atoms with Gasteiger partial charge in [-0.3, -0.25) is 4.79 Å². The molecule has 1 atom stereocenters. The number of hydrogen-bond acceptors (Lipinski definition) is 2. The number of carbonyl (C=O) groups is 2. The van der Waals surface area contributed by atoms with Crippen molar-refractivity contribution in [3.63, 3.8) is 0 Å². The van der Waals surface area contributed by atoms with Crippen LogP contribution in [0.4, 0.5) is 0 Å². The fraction of sp³-hybridized carbons (Fsp3) is 0.125. The van der Waals surface area contributed by atoms with Crippen molar-refractivity contribution in [2.24, 2.45) is 0 Å². The number of carboxylic acids is 1. The van der Waals surface area contributed by atoms with Gasteiger partial charge >= 0.3 is 5.97 Å². The third-order valence-corrected chi connectivity index (χ3v) is 3.71. The number of rotatable bonds is 5. The van der Waals surface area contributed by atoms with Gasteiger partial charge < -0.3 is 10.4 Å². The quantitative estimate of drug-likeness (QED) is 0.766. The van der Waals surface area contributed by atoms with Gasteiger partial charge in [0.25, 0.3) is 5.91 Å². The van der Waals surface area contributed by atoms with Crippen molar-refractivity contribution >= 4 is 34.5 Å². The number of benzene rings is 2. The predicted molar refractivity (Wildman–Crippen MR) is 88.2 cm³/mol. The largest absolute Gasteiger partial charge is 0.480 e. The highest BCUT2D eigenvalue weighted by Crippen LogP contribution is 2.08. The Kier molecular flexibility index (Phi) is 5.32. The standard InChI is InChI=1S/C16H14INO3/c17-13-8-6-12(7-9-13)15(19)18-14(16(20)21)10-11-4-2-1-3-5-11/h1-9,14H,10H2,(H,18,19)(H,20,21)/t14-/m1/s1. The summed E-state index contributed by atoms with van der Waals surface area (Å²) in [5, 5.41) is 11.8. The summed E-state index contributed by atoms with van der Waals surface area (Å²) in [5.41, 5.74) is 1.32. The Morgan fingerprint density at radius 2 is 1.67 bits per heavy atom. The molecule has 0 aromatic heterocycles. The van der Waals surface area contributed by atoms with Crippen LogP contribution in [0.5, 0.6) is 0 Å². The number of carbonyl (C=O) groups excluding carboxylic acids is 1. The lowest BCUT2D eigenvalue weighted by Crippen LogP contribution is -2.42. The zero-order valence-corrected chi connectivity index (χ0v) is 13.3. The number of halogens is 1. The molecule has 2 aromatic rings. The molecule has 0 unspecified atom stereocenters. The number of carboxylic acid groups (broad SMARTS) is 1. The minimum Gasteiger partial charge on any atom is -0.480 e. The number of hydrogen-bond donors (Lipinski definition) is 2. The van der Waals surface area contributed by atoms with Crippen LogP contribution in [0.3, 0.4) is 0 Å². The molecule has 0 aliphatic rings. The summed E-state index contributed by atoms with van der Waals surface area (Å²) in [6.07, 6.45) is 0.256. The summed E-state index contributed by atoms with van der Waals surface area (Å²) in [5.74, 6) is -1.42. The van der Waals surface area contributed by atoms with E-state index >= 15 is 0 Å². The Labute approximate surface area is 136 Å². The van der Waals surface area contributed by atoms with Gasteiger partial charge in [-0.1, -0.05) is 30.3 Å². The van der Waals surface area contributed by atoms with Crippen molar-refractivity contribution in [3.8, 4) is 0 Å². The van der Waals surface area contributed by atoms with E-state index in [0.29, 0.717) is 5.56 Å². The fourth-order valence-electron chi connectivity index (χ4n) is 1.89. The normalized spacial score (nSPS) is 11.7. The molecule has 0 fully saturated rings. The molecule has 108 valence electrons. The van der Waals surface area contributed by atoms with Crippen LogP contribution < -0.4 is 5.32 Å². The van der Waals surface area contributed by atoms with E-state index in [2.05, 4.69) is 27.9 Å². The zero-order valence-electron chi connectivity index (χ0n) is 11.1. The Hall–Kier alpha value is -1.89. The first-order valence-corrected chi connectivity index (χ1v) is 7.47. The van der Waals surface area contributed by atoms with Gasteiger partial charge in [-0.05, 0) is 52.4 Å². The maximum absolute atomic E-state index is 12.1. The third-order valence-electron chi connectivity index (χ3n) is 2.99. The number of nitrogens with one attached hydrogen (secondary N) is 1. The summed E-state index contributed by atoms with van der Waals surface area (Å²) in [6.45, 7) is 0. The lowest BCUT2D eigenvalue weighted by Gasteiger charge is -2.14. The van der Waals surface area contributed by atoms with E-state index in [-0.39, 0.29) is 12.3 Å².